The molecule has 0 heterocycles. The Morgan fingerprint density at radius 2 is 1.96 bits per heavy atom. The fraction of sp³-hybridized carbons (Fsp3) is 0.278. The van der Waals surface area contributed by atoms with E-state index in [1.165, 1.54) is 5.56 Å². The number of amides is 1. The highest BCUT2D eigenvalue weighted by Crippen LogP contribution is 2.25. The molecule has 2 aromatic carbocycles. The minimum Gasteiger partial charge on any atom is -0.493 e. The number of carbonyl (C=O) groups is 1. The largest absolute Gasteiger partial charge is 0.493 e. The van der Waals surface area contributed by atoms with Gasteiger partial charge in [-0.3, -0.25) is 4.79 Å². The van der Waals surface area contributed by atoms with Gasteiger partial charge in [0.1, 0.15) is 5.75 Å². The molecule has 3 N–H and O–H groups in total. The van der Waals surface area contributed by atoms with Gasteiger partial charge >= 0.3 is 0 Å². The third-order valence-corrected chi connectivity index (χ3v) is 3.55. The van der Waals surface area contributed by atoms with Gasteiger partial charge in [0.05, 0.1) is 13.2 Å². The minimum atomic E-state index is -0.353. The van der Waals surface area contributed by atoms with E-state index in [1.807, 2.05) is 36.4 Å². The van der Waals surface area contributed by atoms with Crippen molar-refractivity contribution in [2.24, 2.45) is 5.73 Å². The molecule has 0 radical (unpaired) electrons. The van der Waals surface area contributed by atoms with Gasteiger partial charge in [0.2, 0.25) is 5.91 Å². The summed E-state index contributed by atoms with van der Waals surface area (Å²) >= 11 is 6.11. The van der Waals surface area contributed by atoms with Gasteiger partial charge < -0.3 is 15.8 Å². The predicted molar refractivity (Wildman–Crippen MR) is 92.9 cm³/mol. The Labute approximate surface area is 141 Å². The molecule has 0 bridgehead atoms. The summed E-state index contributed by atoms with van der Waals surface area (Å²) in [6, 6.07) is 15.9. The van der Waals surface area contributed by atoms with Crippen molar-refractivity contribution in [3.8, 4) is 5.75 Å². The number of benzene rings is 2. The van der Waals surface area contributed by atoms with Crippen molar-refractivity contribution in [1.29, 1.82) is 0 Å². The van der Waals surface area contributed by atoms with Gasteiger partial charge in [0, 0.05) is 11.4 Å². The van der Waals surface area contributed by atoms with Crippen LogP contribution in [-0.4, -0.2) is 25.6 Å². The van der Waals surface area contributed by atoms with E-state index in [0.717, 1.165) is 24.2 Å². The van der Waals surface area contributed by atoms with Gasteiger partial charge in [-0.05, 0) is 42.3 Å². The quantitative estimate of drug-likeness (QED) is 0.694. The molecule has 0 spiro atoms. The van der Waals surface area contributed by atoms with E-state index < -0.39 is 0 Å². The molecule has 0 unspecified atom stereocenters. The number of ether oxygens (including phenoxy) is 1. The first kappa shape index (κ1) is 17.3. The van der Waals surface area contributed by atoms with Gasteiger partial charge in [-0.25, -0.2) is 0 Å². The second-order valence-electron chi connectivity index (χ2n) is 5.26. The molecule has 5 heteroatoms. The fourth-order valence-electron chi connectivity index (χ4n) is 2.23. The van der Waals surface area contributed by atoms with Crippen LogP contribution in [0.5, 0.6) is 5.75 Å². The van der Waals surface area contributed by atoms with Crippen molar-refractivity contribution >= 4 is 17.5 Å². The maximum Gasteiger partial charge on any atom is 0.231 e. The van der Waals surface area contributed by atoms with Crippen molar-refractivity contribution in [3.63, 3.8) is 0 Å². The van der Waals surface area contributed by atoms with Crippen LogP contribution >= 0.6 is 11.6 Å². The van der Waals surface area contributed by atoms with E-state index in [-0.39, 0.29) is 12.5 Å². The van der Waals surface area contributed by atoms with E-state index in [4.69, 9.17) is 22.1 Å². The summed E-state index contributed by atoms with van der Waals surface area (Å²) in [6.07, 6.45) is 1.57. The average Bonchev–Trinajstić information content (AvgIpc) is 2.53. The van der Waals surface area contributed by atoms with Crippen LogP contribution in [0.3, 0.4) is 0 Å². The summed E-state index contributed by atoms with van der Waals surface area (Å²) in [4.78, 5) is 10.6. The number of nitrogens with two attached hydrogens (primary N) is 1. The van der Waals surface area contributed by atoms with Crippen LogP contribution in [-0.2, 0) is 11.2 Å². The first-order chi connectivity index (χ1) is 11.1. The summed E-state index contributed by atoms with van der Waals surface area (Å²) in [5.41, 5.74) is 7.33. The lowest BCUT2D eigenvalue weighted by molar-refractivity contribution is -0.117. The van der Waals surface area contributed by atoms with Gasteiger partial charge in [-0.1, -0.05) is 41.9 Å². The van der Waals surface area contributed by atoms with Gasteiger partial charge in [0.25, 0.3) is 0 Å². The van der Waals surface area contributed by atoms with Gasteiger partial charge in [0.15, 0.2) is 0 Å². The van der Waals surface area contributed by atoms with Crippen LogP contribution < -0.4 is 15.8 Å². The molecule has 2 rings (SSSR count). The fourth-order valence-corrected chi connectivity index (χ4v) is 2.43. The van der Waals surface area contributed by atoms with E-state index in [2.05, 4.69) is 17.4 Å². The maximum atomic E-state index is 10.6. The smallest absolute Gasteiger partial charge is 0.231 e. The molecule has 0 fully saturated rings. The summed E-state index contributed by atoms with van der Waals surface area (Å²) in [6.45, 7) is 1.44. The third kappa shape index (κ3) is 6.30. The lowest BCUT2D eigenvalue weighted by Gasteiger charge is -2.12. The SMILES string of the molecule is NC(=O)CNCCCOc1ccc(Cl)cc1Cc1ccccc1. The zero-order valence-electron chi connectivity index (χ0n) is 12.9. The number of carbonyl (C=O) groups excluding carboxylic acids is 1. The maximum absolute atomic E-state index is 10.6. The zero-order chi connectivity index (χ0) is 16.5. The standard InChI is InChI=1S/C18H21ClN2O2/c19-16-7-8-17(23-10-4-9-21-13-18(20)22)15(12-16)11-14-5-2-1-3-6-14/h1-3,5-8,12,21H,4,9-11,13H2,(H2,20,22). The monoisotopic (exact) mass is 332 g/mol. The minimum absolute atomic E-state index is 0.195. The van der Waals surface area contributed by atoms with E-state index in [0.29, 0.717) is 18.2 Å². The number of hydrogen-bond donors (Lipinski definition) is 2. The highest BCUT2D eigenvalue weighted by atomic mass is 35.5. The summed E-state index contributed by atoms with van der Waals surface area (Å²) in [5.74, 6) is 0.488. The molecule has 122 valence electrons. The topological polar surface area (TPSA) is 64.4 Å². The summed E-state index contributed by atoms with van der Waals surface area (Å²) in [7, 11) is 0. The normalized spacial score (nSPS) is 10.5. The Bertz CT molecular complexity index is 632. The molecule has 0 saturated heterocycles. The van der Waals surface area contributed by atoms with Crippen molar-refractivity contribution in [2.75, 3.05) is 19.7 Å². The number of nitrogens with one attached hydrogen (secondary N) is 1. The predicted octanol–water partition coefficient (Wildman–Crippen LogP) is 2.77. The molecule has 23 heavy (non-hydrogen) atoms. The summed E-state index contributed by atoms with van der Waals surface area (Å²) in [5, 5.41) is 3.66. The van der Waals surface area contributed by atoms with Gasteiger partial charge in [-0.15, -0.1) is 0 Å². The Morgan fingerprint density at radius 3 is 2.70 bits per heavy atom. The van der Waals surface area contributed by atoms with Crippen molar-refractivity contribution in [1.82, 2.24) is 5.32 Å². The van der Waals surface area contributed by atoms with Crippen LogP contribution in [0.1, 0.15) is 17.5 Å². The number of halogens is 1. The first-order valence-corrected chi connectivity index (χ1v) is 7.97. The Kier molecular flexibility index (Phi) is 6.91. The number of rotatable bonds is 9. The lowest BCUT2D eigenvalue weighted by Crippen LogP contribution is -2.29. The van der Waals surface area contributed by atoms with Crippen LogP contribution in [0.4, 0.5) is 0 Å². The highest BCUT2D eigenvalue weighted by molar-refractivity contribution is 6.30. The van der Waals surface area contributed by atoms with Crippen LogP contribution in [0.25, 0.3) is 0 Å². The second kappa shape index (κ2) is 9.18. The number of primary amides is 1. The molecule has 0 saturated carbocycles. The Balaban J connectivity index is 1.89. The van der Waals surface area contributed by atoms with Gasteiger partial charge in [-0.2, -0.15) is 0 Å². The lowest BCUT2D eigenvalue weighted by atomic mass is 10.0. The molecule has 0 aliphatic rings. The second-order valence-corrected chi connectivity index (χ2v) is 5.70. The molecule has 1 amide bonds. The molecule has 4 nitrogen and oxygen atoms in total. The third-order valence-electron chi connectivity index (χ3n) is 3.31. The molecular weight excluding hydrogens is 312 g/mol. The zero-order valence-corrected chi connectivity index (χ0v) is 13.7. The van der Waals surface area contributed by atoms with Crippen LogP contribution in [0.2, 0.25) is 5.02 Å². The van der Waals surface area contributed by atoms with E-state index >= 15 is 0 Å². The molecule has 0 aromatic heterocycles. The van der Waals surface area contributed by atoms with E-state index in [9.17, 15) is 4.79 Å². The Hall–Kier alpha value is -2.04. The highest BCUT2D eigenvalue weighted by Gasteiger charge is 2.06. The average molecular weight is 333 g/mol. The van der Waals surface area contributed by atoms with E-state index in [1.54, 1.807) is 0 Å². The molecule has 0 aliphatic carbocycles. The van der Waals surface area contributed by atoms with Crippen molar-refractivity contribution in [3.05, 3.63) is 64.7 Å². The van der Waals surface area contributed by atoms with Crippen molar-refractivity contribution in [2.45, 2.75) is 12.8 Å². The van der Waals surface area contributed by atoms with Crippen LogP contribution in [0.15, 0.2) is 48.5 Å². The Morgan fingerprint density at radius 1 is 1.17 bits per heavy atom. The van der Waals surface area contributed by atoms with Crippen LogP contribution in [0, 0.1) is 0 Å². The molecule has 0 aliphatic heterocycles. The first-order valence-electron chi connectivity index (χ1n) is 7.59. The molecule has 2 aromatic rings. The molecular formula is C18H21ClN2O2. The summed E-state index contributed by atoms with van der Waals surface area (Å²) < 4.78 is 5.86. The van der Waals surface area contributed by atoms with Crippen molar-refractivity contribution < 1.29 is 9.53 Å². The molecule has 0 atom stereocenters. The number of hydrogen-bond acceptors (Lipinski definition) is 3.